The van der Waals surface area contributed by atoms with E-state index in [1.54, 1.807) is 6.33 Å². The van der Waals surface area contributed by atoms with E-state index in [2.05, 4.69) is 30.6 Å². The van der Waals surface area contributed by atoms with Crippen molar-refractivity contribution in [3.05, 3.63) is 78.6 Å². The number of hydrogen-bond acceptors (Lipinski definition) is 8. The van der Waals surface area contributed by atoms with Crippen LogP contribution in [0.3, 0.4) is 0 Å². The molecule has 12 heteroatoms. The molecule has 5 aromatic rings. The second-order valence-corrected chi connectivity index (χ2v) is 10.8. The van der Waals surface area contributed by atoms with E-state index in [1.807, 2.05) is 89.2 Å². The molecule has 0 aliphatic carbocycles. The molecule has 0 saturated carbocycles. The second-order valence-electron chi connectivity index (χ2n) is 10.8. The van der Waals surface area contributed by atoms with Gasteiger partial charge in [0.05, 0.1) is 36.9 Å². The number of nitrogens with zero attached hydrogens (tertiary/aromatic N) is 7. The lowest BCUT2D eigenvalue weighted by Gasteiger charge is -2.41. The first-order valence-electron chi connectivity index (χ1n) is 14.3. The Labute approximate surface area is 243 Å². The van der Waals surface area contributed by atoms with Crippen LogP contribution in [-0.2, 0) is 11.3 Å². The summed E-state index contributed by atoms with van der Waals surface area (Å²) in [6.07, 6.45) is 6.98. The molecule has 12 nitrogen and oxygen atoms in total. The lowest BCUT2D eigenvalue weighted by atomic mass is 10.1. The third-order valence-electron chi connectivity index (χ3n) is 8.07. The van der Waals surface area contributed by atoms with Crippen LogP contribution in [0.15, 0.2) is 67.4 Å². The van der Waals surface area contributed by atoms with Gasteiger partial charge in [0.25, 0.3) is 5.91 Å². The maximum Gasteiger partial charge on any atom is 0.278 e. The minimum Gasteiger partial charge on any atom is -0.379 e. The number of nitrogens with one attached hydrogen (secondary N) is 3. The van der Waals surface area contributed by atoms with Gasteiger partial charge in [0.2, 0.25) is 0 Å². The number of morpholine rings is 1. The van der Waals surface area contributed by atoms with Crippen LogP contribution >= 0.6 is 0 Å². The first-order valence-corrected chi connectivity index (χ1v) is 14.3. The molecule has 1 fully saturated rings. The topological polar surface area (TPSA) is 121 Å². The SMILES string of the molecule is Cc1ccn2c1C(=O)N(c1ccccc1)C([C@H](C)Nc1ncnc3[nH]cc(-c4ccn(CCN5CCOCC5)n4)c13)N2. The molecule has 1 unspecified atom stereocenters. The molecule has 3 N–H and O–H groups in total. The van der Waals surface area contributed by atoms with Crippen LogP contribution in [-0.4, -0.2) is 85.3 Å². The molecule has 2 aliphatic rings. The van der Waals surface area contributed by atoms with E-state index in [0.717, 1.165) is 67.3 Å². The lowest BCUT2D eigenvalue weighted by molar-refractivity contribution is 0.0360. The summed E-state index contributed by atoms with van der Waals surface area (Å²) in [5.74, 6) is 0.613. The Bertz CT molecular complexity index is 1700. The molecule has 0 spiro atoms. The highest BCUT2D eigenvalue weighted by Crippen LogP contribution is 2.33. The molecule has 6 heterocycles. The molecule has 2 atom stereocenters. The van der Waals surface area contributed by atoms with Gasteiger partial charge >= 0.3 is 0 Å². The molecule has 1 aromatic carbocycles. The quantitative estimate of drug-likeness (QED) is 0.262. The summed E-state index contributed by atoms with van der Waals surface area (Å²) in [7, 11) is 0. The fourth-order valence-corrected chi connectivity index (χ4v) is 5.82. The Morgan fingerprint density at radius 1 is 1.07 bits per heavy atom. The highest BCUT2D eigenvalue weighted by atomic mass is 16.5. The summed E-state index contributed by atoms with van der Waals surface area (Å²) in [5, 5.41) is 9.32. The van der Waals surface area contributed by atoms with Gasteiger partial charge in [0.15, 0.2) is 0 Å². The zero-order valence-electron chi connectivity index (χ0n) is 23.7. The predicted octanol–water partition coefficient (Wildman–Crippen LogP) is 3.29. The number of rotatable bonds is 8. The van der Waals surface area contributed by atoms with E-state index in [9.17, 15) is 4.79 Å². The molecular formula is C30H34N10O2. The smallest absolute Gasteiger partial charge is 0.278 e. The molecular weight excluding hydrogens is 532 g/mol. The standard InChI is InChI=1S/C30H34N10O2/c1-20-8-11-39-26(20)30(41)40(22-6-4-3-5-7-22)29(36-39)21(2)34-28-25-23(18-31-27(25)32-19-33-28)24-9-10-38(35-24)13-12-37-14-16-42-17-15-37/h3-11,18-19,21,29,36H,12-17H2,1-2H3,(H2,31,32,33,34)/t21-,29?/m0/s1. The summed E-state index contributed by atoms with van der Waals surface area (Å²) in [6.45, 7) is 9.21. The van der Waals surface area contributed by atoms with Gasteiger partial charge in [0.1, 0.15) is 29.7 Å². The third-order valence-corrected chi connectivity index (χ3v) is 8.07. The third kappa shape index (κ3) is 4.78. The van der Waals surface area contributed by atoms with Crippen LogP contribution < -0.4 is 15.6 Å². The van der Waals surface area contributed by atoms with Gasteiger partial charge in [-0.3, -0.25) is 24.0 Å². The molecule has 1 saturated heterocycles. The van der Waals surface area contributed by atoms with Gasteiger partial charge in [-0.25, -0.2) is 9.97 Å². The maximum absolute atomic E-state index is 13.8. The van der Waals surface area contributed by atoms with Crippen molar-refractivity contribution in [2.24, 2.45) is 0 Å². The average molecular weight is 567 g/mol. The molecule has 1 amide bonds. The maximum atomic E-state index is 13.8. The van der Waals surface area contributed by atoms with Gasteiger partial charge in [-0.15, -0.1) is 0 Å². The number of ether oxygens (including phenoxy) is 1. The summed E-state index contributed by atoms with van der Waals surface area (Å²) in [5.41, 5.74) is 8.38. The van der Waals surface area contributed by atoms with E-state index >= 15 is 0 Å². The highest BCUT2D eigenvalue weighted by Gasteiger charge is 2.37. The molecule has 4 aromatic heterocycles. The van der Waals surface area contributed by atoms with E-state index in [0.29, 0.717) is 17.2 Å². The van der Waals surface area contributed by atoms with Gasteiger partial charge in [-0.05, 0) is 43.7 Å². The molecule has 0 radical (unpaired) electrons. The normalized spacial score (nSPS) is 18.2. The summed E-state index contributed by atoms with van der Waals surface area (Å²) in [6, 6.07) is 13.5. The average Bonchev–Trinajstić information content (AvgIpc) is 3.76. The first-order chi connectivity index (χ1) is 20.6. The van der Waals surface area contributed by atoms with Crippen molar-refractivity contribution in [1.29, 1.82) is 0 Å². The Hall–Kier alpha value is -4.68. The molecule has 7 rings (SSSR count). The van der Waals surface area contributed by atoms with Crippen molar-refractivity contribution in [3.63, 3.8) is 0 Å². The number of benzene rings is 1. The molecule has 0 bridgehead atoms. The number of amides is 1. The second kappa shape index (κ2) is 11.0. The molecule has 42 heavy (non-hydrogen) atoms. The van der Waals surface area contributed by atoms with Crippen molar-refractivity contribution in [1.82, 2.24) is 34.3 Å². The number of hydrogen-bond donors (Lipinski definition) is 3. The fraction of sp³-hybridized carbons (Fsp3) is 0.333. The van der Waals surface area contributed by atoms with Crippen LogP contribution in [0, 0.1) is 6.92 Å². The van der Waals surface area contributed by atoms with E-state index < -0.39 is 6.17 Å². The van der Waals surface area contributed by atoms with Gasteiger partial charge in [0, 0.05) is 49.5 Å². The number of aromatic nitrogens is 6. The number of aromatic amines is 1. The highest BCUT2D eigenvalue weighted by molar-refractivity contribution is 6.08. The van der Waals surface area contributed by atoms with Crippen molar-refractivity contribution < 1.29 is 9.53 Å². The predicted molar refractivity (Wildman–Crippen MR) is 161 cm³/mol. The summed E-state index contributed by atoms with van der Waals surface area (Å²) >= 11 is 0. The van der Waals surface area contributed by atoms with Crippen molar-refractivity contribution in [2.75, 3.05) is 48.5 Å². The van der Waals surface area contributed by atoms with Crippen molar-refractivity contribution in [3.8, 4) is 11.3 Å². The minimum absolute atomic E-state index is 0.0566. The Balaban J connectivity index is 1.17. The monoisotopic (exact) mass is 566 g/mol. The zero-order chi connectivity index (χ0) is 28.6. The number of H-pyrrole nitrogens is 1. The molecule has 2 aliphatic heterocycles. The largest absolute Gasteiger partial charge is 0.379 e. The van der Waals surface area contributed by atoms with Crippen LogP contribution in [0.25, 0.3) is 22.3 Å². The Morgan fingerprint density at radius 2 is 1.90 bits per heavy atom. The minimum atomic E-state index is -0.397. The number of carbonyl (C=O) groups is 1. The van der Waals surface area contributed by atoms with Crippen LogP contribution in [0.5, 0.6) is 0 Å². The summed E-state index contributed by atoms with van der Waals surface area (Å²) in [4.78, 5) is 30.4. The number of aryl methyl sites for hydroxylation is 1. The lowest BCUT2D eigenvalue weighted by Crippen LogP contribution is -2.59. The van der Waals surface area contributed by atoms with Gasteiger partial charge in [-0.2, -0.15) is 5.10 Å². The Kier molecular flexibility index (Phi) is 6.84. The molecule has 216 valence electrons. The first kappa shape index (κ1) is 26.2. The zero-order valence-corrected chi connectivity index (χ0v) is 23.7. The number of fused-ring (bicyclic) bond motifs is 2. The fourth-order valence-electron chi connectivity index (χ4n) is 5.82. The summed E-state index contributed by atoms with van der Waals surface area (Å²) < 4.78 is 9.26. The number of carbonyl (C=O) groups excluding carboxylic acids is 1. The van der Waals surface area contributed by atoms with Crippen LogP contribution in [0.4, 0.5) is 11.5 Å². The number of para-hydroxylation sites is 1. The van der Waals surface area contributed by atoms with E-state index in [4.69, 9.17) is 9.84 Å². The van der Waals surface area contributed by atoms with Gasteiger partial charge < -0.3 is 20.5 Å². The number of anilines is 2. The Morgan fingerprint density at radius 3 is 2.74 bits per heavy atom. The van der Waals surface area contributed by atoms with Gasteiger partial charge in [-0.1, -0.05) is 18.2 Å². The van der Waals surface area contributed by atoms with E-state index in [-0.39, 0.29) is 11.9 Å². The van der Waals surface area contributed by atoms with E-state index in [1.165, 1.54) is 0 Å². The van der Waals surface area contributed by atoms with Crippen molar-refractivity contribution >= 4 is 28.4 Å². The van der Waals surface area contributed by atoms with Crippen LogP contribution in [0.1, 0.15) is 23.0 Å². The van der Waals surface area contributed by atoms with Crippen LogP contribution in [0.2, 0.25) is 0 Å². The van der Waals surface area contributed by atoms with Crippen molar-refractivity contribution in [2.45, 2.75) is 32.6 Å².